The molecule has 1 N–H and O–H groups in total. The Morgan fingerprint density at radius 3 is 2.77 bits per heavy atom. The van der Waals surface area contributed by atoms with E-state index in [4.69, 9.17) is 21.1 Å². The number of ketones is 1. The highest BCUT2D eigenvalue weighted by atomic mass is 35.5. The Bertz CT molecular complexity index is 1240. The van der Waals surface area contributed by atoms with Gasteiger partial charge >= 0.3 is 5.97 Å². The van der Waals surface area contributed by atoms with E-state index in [-0.39, 0.29) is 28.7 Å². The maximum atomic E-state index is 12.9. The van der Waals surface area contributed by atoms with Crippen molar-refractivity contribution in [2.75, 3.05) is 0 Å². The number of ether oxygens (including phenoxy) is 2. The first kappa shape index (κ1) is 18.4. The number of hydrogen-bond acceptors (Lipinski definition) is 6. The number of carbonyl (C=O) groups excluding carboxylic acids is 2. The van der Waals surface area contributed by atoms with Gasteiger partial charge in [0.2, 0.25) is 5.78 Å². The second-order valence-corrected chi connectivity index (χ2v) is 7.43. The number of hydrogen-bond donors (Lipinski definition) is 1. The summed E-state index contributed by atoms with van der Waals surface area (Å²) in [7, 11) is 0. The zero-order valence-electron chi connectivity index (χ0n) is 15.5. The lowest BCUT2D eigenvalue weighted by atomic mass is 9.84. The average Bonchev–Trinajstić information content (AvgIpc) is 3.05. The van der Waals surface area contributed by atoms with Gasteiger partial charge in [0.05, 0.1) is 17.0 Å². The topological polar surface area (TPSA) is 85.7 Å². The summed E-state index contributed by atoms with van der Waals surface area (Å²) in [6.07, 6.45) is 4.96. The molecule has 30 heavy (non-hydrogen) atoms. The zero-order valence-corrected chi connectivity index (χ0v) is 16.2. The van der Waals surface area contributed by atoms with E-state index in [0.717, 1.165) is 5.56 Å². The first-order valence-electron chi connectivity index (χ1n) is 9.21. The summed E-state index contributed by atoms with van der Waals surface area (Å²) >= 11 is 6.08. The Kier molecular flexibility index (Phi) is 4.29. The van der Waals surface area contributed by atoms with Crippen molar-refractivity contribution < 1.29 is 24.2 Å². The van der Waals surface area contributed by atoms with Crippen molar-refractivity contribution >= 4 is 29.4 Å². The predicted molar refractivity (Wildman–Crippen MR) is 109 cm³/mol. The lowest BCUT2D eigenvalue weighted by molar-refractivity contribution is -0.135. The number of Topliss-reactive ketones (excluding diaryl/α,β-unsaturated/α-hetero) is 1. The minimum atomic E-state index is -0.431. The van der Waals surface area contributed by atoms with Crippen LogP contribution < -0.4 is 9.47 Å². The molecule has 0 aliphatic carbocycles. The highest BCUT2D eigenvalue weighted by molar-refractivity contribution is 6.32. The van der Waals surface area contributed by atoms with Crippen LogP contribution in [0.3, 0.4) is 0 Å². The van der Waals surface area contributed by atoms with Gasteiger partial charge in [-0.05, 0) is 47.5 Å². The van der Waals surface area contributed by atoms with Gasteiger partial charge in [0.25, 0.3) is 0 Å². The fourth-order valence-electron chi connectivity index (χ4n) is 3.74. The number of esters is 1. The first-order chi connectivity index (χ1) is 14.5. The van der Waals surface area contributed by atoms with Crippen LogP contribution in [0, 0.1) is 0 Å². The normalized spacial score (nSPS) is 18.6. The molecule has 0 saturated carbocycles. The van der Waals surface area contributed by atoms with E-state index < -0.39 is 11.9 Å². The van der Waals surface area contributed by atoms with Crippen molar-refractivity contribution in [3.63, 3.8) is 0 Å². The summed E-state index contributed by atoms with van der Waals surface area (Å²) in [4.78, 5) is 29.2. The summed E-state index contributed by atoms with van der Waals surface area (Å²) in [5.74, 6) is -0.247. The molecule has 0 spiro atoms. The number of allylic oxidation sites excluding steroid dienone is 1. The van der Waals surface area contributed by atoms with E-state index in [0.29, 0.717) is 28.2 Å². The molecule has 3 heterocycles. The summed E-state index contributed by atoms with van der Waals surface area (Å²) < 4.78 is 11.4. The molecule has 0 amide bonds. The van der Waals surface area contributed by atoms with E-state index in [1.807, 2.05) is 6.07 Å². The fourth-order valence-corrected chi connectivity index (χ4v) is 3.93. The Hall–Kier alpha value is -3.64. The standard InChI is InChI=1S/C23H14ClNO5/c24-16-9-13(3-5-17(16)26)15-10-20(27)29-18-6-4-14-22(28)19(30-23(14)21(15)18)8-12-2-1-7-25-11-12/h1-9,11,15,26H,10H2. The first-order valence-corrected chi connectivity index (χ1v) is 9.59. The van der Waals surface area contributed by atoms with Crippen molar-refractivity contribution in [2.45, 2.75) is 12.3 Å². The number of phenols is 1. The summed E-state index contributed by atoms with van der Waals surface area (Å²) in [6.45, 7) is 0. The molecule has 0 bridgehead atoms. The second kappa shape index (κ2) is 7.00. The molecule has 3 aromatic rings. The molecule has 0 radical (unpaired) electrons. The number of halogens is 1. The fraction of sp³-hybridized carbons (Fsp3) is 0.0870. The molecule has 1 aromatic heterocycles. The van der Waals surface area contributed by atoms with Gasteiger partial charge in [-0.15, -0.1) is 0 Å². The maximum Gasteiger partial charge on any atom is 0.312 e. The lowest BCUT2D eigenvalue weighted by Gasteiger charge is -2.26. The molecule has 1 unspecified atom stereocenters. The van der Waals surface area contributed by atoms with Gasteiger partial charge in [-0.25, -0.2) is 0 Å². The van der Waals surface area contributed by atoms with Gasteiger partial charge in [0.1, 0.15) is 17.2 Å². The molecule has 6 nitrogen and oxygen atoms in total. The molecular weight excluding hydrogens is 406 g/mol. The molecule has 2 aromatic carbocycles. The van der Waals surface area contributed by atoms with Crippen molar-refractivity contribution in [3.05, 3.63) is 87.9 Å². The number of benzene rings is 2. The molecule has 0 saturated heterocycles. The van der Waals surface area contributed by atoms with Crippen molar-refractivity contribution in [1.82, 2.24) is 4.98 Å². The summed E-state index contributed by atoms with van der Waals surface area (Å²) in [5.41, 5.74) is 2.45. The highest BCUT2D eigenvalue weighted by Gasteiger charge is 2.38. The molecule has 2 aliphatic heterocycles. The second-order valence-electron chi connectivity index (χ2n) is 7.02. The van der Waals surface area contributed by atoms with E-state index >= 15 is 0 Å². The van der Waals surface area contributed by atoms with Crippen molar-refractivity contribution in [3.8, 4) is 17.2 Å². The van der Waals surface area contributed by atoms with Crippen molar-refractivity contribution in [2.24, 2.45) is 0 Å². The number of carbonyl (C=O) groups is 2. The Balaban J connectivity index is 1.63. The number of phenolic OH excluding ortho intramolecular Hbond substituents is 1. The Morgan fingerprint density at radius 1 is 1.13 bits per heavy atom. The van der Waals surface area contributed by atoms with Crippen LogP contribution in [0.1, 0.15) is 39.4 Å². The molecule has 0 fully saturated rings. The lowest BCUT2D eigenvalue weighted by Crippen LogP contribution is -2.21. The molecule has 2 aliphatic rings. The minimum Gasteiger partial charge on any atom is -0.506 e. The minimum absolute atomic E-state index is 0.0505. The smallest absolute Gasteiger partial charge is 0.312 e. The summed E-state index contributed by atoms with van der Waals surface area (Å²) in [5, 5.41) is 9.92. The zero-order chi connectivity index (χ0) is 20.8. The third-order valence-electron chi connectivity index (χ3n) is 5.14. The van der Waals surface area contributed by atoms with Gasteiger partial charge in [-0.1, -0.05) is 23.7 Å². The number of aromatic hydroxyl groups is 1. The number of pyridine rings is 1. The van der Waals surface area contributed by atoms with Gasteiger partial charge < -0.3 is 14.6 Å². The van der Waals surface area contributed by atoms with E-state index in [1.54, 1.807) is 48.8 Å². The van der Waals surface area contributed by atoms with Crippen LogP contribution in [0.2, 0.25) is 5.02 Å². The largest absolute Gasteiger partial charge is 0.506 e. The highest BCUT2D eigenvalue weighted by Crippen LogP contribution is 2.49. The Labute approximate surface area is 176 Å². The monoisotopic (exact) mass is 419 g/mol. The maximum absolute atomic E-state index is 12.9. The van der Waals surface area contributed by atoms with Crippen LogP contribution in [0.5, 0.6) is 17.2 Å². The summed E-state index contributed by atoms with van der Waals surface area (Å²) in [6, 6.07) is 11.6. The van der Waals surface area contributed by atoms with Crippen LogP contribution in [0.25, 0.3) is 6.08 Å². The Morgan fingerprint density at radius 2 is 2.00 bits per heavy atom. The van der Waals surface area contributed by atoms with Crippen LogP contribution in [-0.2, 0) is 4.79 Å². The quantitative estimate of drug-likeness (QED) is 0.374. The van der Waals surface area contributed by atoms with Gasteiger partial charge in [-0.2, -0.15) is 0 Å². The van der Waals surface area contributed by atoms with Gasteiger partial charge in [0, 0.05) is 23.9 Å². The number of rotatable bonds is 2. The molecule has 7 heteroatoms. The van der Waals surface area contributed by atoms with E-state index in [1.165, 1.54) is 6.07 Å². The van der Waals surface area contributed by atoms with Crippen LogP contribution in [-0.4, -0.2) is 21.8 Å². The van der Waals surface area contributed by atoms with Gasteiger partial charge in [0.15, 0.2) is 5.76 Å². The average molecular weight is 420 g/mol. The molecular formula is C23H14ClNO5. The third-order valence-corrected chi connectivity index (χ3v) is 5.44. The number of aromatic nitrogens is 1. The molecule has 1 atom stereocenters. The van der Waals surface area contributed by atoms with Crippen molar-refractivity contribution in [1.29, 1.82) is 0 Å². The molecule has 148 valence electrons. The SMILES string of the molecule is O=C1CC(c2ccc(O)c(Cl)c2)c2c(ccc3c2OC(=Cc2cccnc2)C3=O)O1. The van der Waals surface area contributed by atoms with E-state index in [2.05, 4.69) is 4.98 Å². The predicted octanol–water partition coefficient (Wildman–Crippen LogP) is 4.50. The number of fused-ring (bicyclic) bond motifs is 3. The van der Waals surface area contributed by atoms with Crippen LogP contribution >= 0.6 is 11.6 Å². The number of nitrogens with zero attached hydrogens (tertiary/aromatic N) is 1. The third kappa shape index (κ3) is 3.02. The van der Waals surface area contributed by atoms with Gasteiger partial charge in [-0.3, -0.25) is 14.6 Å². The van der Waals surface area contributed by atoms with Crippen LogP contribution in [0.15, 0.2) is 60.6 Å². The van der Waals surface area contributed by atoms with E-state index in [9.17, 15) is 14.7 Å². The molecule has 5 rings (SSSR count). The van der Waals surface area contributed by atoms with Crippen LogP contribution in [0.4, 0.5) is 0 Å².